The first-order valence-corrected chi connectivity index (χ1v) is 4.13. The standard InChI is InChI=1S/C5H5.C4H4S.Cu/c2*1-2-4-5-3-1;/h1-3H,4H2;1-4H;/q-1;;+1. The molecule has 0 saturated heterocycles. The summed E-state index contributed by atoms with van der Waals surface area (Å²) in [7, 11) is 0. The number of hydrogen-bond acceptors (Lipinski definition) is 1. The van der Waals surface area contributed by atoms with Gasteiger partial charge in [-0.15, -0.1) is 6.42 Å². The summed E-state index contributed by atoms with van der Waals surface area (Å²) in [4.78, 5) is 0. The molecule has 2 rings (SSSR count). The van der Waals surface area contributed by atoms with Gasteiger partial charge >= 0.3 is 17.1 Å². The predicted octanol–water partition coefficient (Wildman–Crippen LogP) is 3.05. The summed E-state index contributed by atoms with van der Waals surface area (Å²) in [5.41, 5.74) is 0. The zero-order chi connectivity index (χ0) is 7.07. The molecule has 1 heterocycles. The topological polar surface area (TPSA) is 0 Å². The molecule has 0 amide bonds. The average molecular weight is 213 g/mol. The monoisotopic (exact) mass is 212 g/mol. The fourth-order valence-electron chi connectivity index (χ4n) is 0.567. The molecule has 62 valence electrons. The Labute approximate surface area is 82.1 Å². The minimum atomic E-state index is 0. The van der Waals surface area contributed by atoms with Crippen molar-refractivity contribution >= 4 is 11.3 Å². The van der Waals surface area contributed by atoms with Crippen LogP contribution in [-0.2, 0) is 17.1 Å². The van der Waals surface area contributed by atoms with Crippen LogP contribution >= 0.6 is 11.3 Å². The van der Waals surface area contributed by atoms with Crippen LogP contribution in [-0.4, -0.2) is 0 Å². The Hall–Kier alpha value is -0.301. The second-order valence-corrected chi connectivity index (χ2v) is 2.61. The van der Waals surface area contributed by atoms with Gasteiger partial charge in [0.05, 0.1) is 0 Å². The quantitative estimate of drug-likeness (QED) is 0.458. The third kappa shape index (κ3) is 6.11. The third-order valence-corrected chi connectivity index (χ3v) is 1.64. The van der Waals surface area contributed by atoms with Crippen LogP contribution < -0.4 is 0 Å². The van der Waals surface area contributed by atoms with Crippen molar-refractivity contribution in [1.29, 1.82) is 0 Å². The molecule has 2 heteroatoms. The molecule has 0 unspecified atom stereocenters. The van der Waals surface area contributed by atoms with E-state index in [-0.39, 0.29) is 17.1 Å². The van der Waals surface area contributed by atoms with Crippen LogP contribution in [0.1, 0.15) is 6.42 Å². The Balaban J connectivity index is 0.000000167. The first-order valence-electron chi connectivity index (χ1n) is 3.19. The van der Waals surface area contributed by atoms with E-state index < -0.39 is 0 Å². The van der Waals surface area contributed by atoms with E-state index in [9.17, 15) is 0 Å². The first-order chi connectivity index (χ1) is 5.00. The summed E-state index contributed by atoms with van der Waals surface area (Å²) in [6.45, 7) is 0. The van der Waals surface area contributed by atoms with E-state index in [0.29, 0.717) is 0 Å². The number of allylic oxidation sites excluding steroid dienone is 4. The maximum atomic E-state index is 2.99. The maximum Gasteiger partial charge on any atom is 1.00 e. The van der Waals surface area contributed by atoms with Gasteiger partial charge in [0.2, 0.25) is 0 Å². The van der Waals surface area contributed by atoms with Crippen LogP contribution in [0.25, 0.3) is 0 Å². The Morgan fingerprint density at radius 2 is 1.91 bits per heavy atom. The van der Waals surface area contributed by atoms with Crippen LogP contribution in [0, 0.1) is 6.08 Å². The van der Waals surface area contributed by atoms with Crippen molar-refractivity contribution in [1.82, 2.24) is 0 Å². The molecule has 0 spiro atoms. The molecule has 0 atom stereocenters. The third-order valence-electron chi connectivity index (χ3n) is 1.01. The Bertz CT molecular complexity index is 172. The van der Waals surface area contributed by atoms with Gasteiger partial charge in [-0.1, -0.05) is 12.1 Å². The van der Waals surface area contributed by atoms with Crippen LogP contribution in [0.4, 0.5) is 0 Å². The average Bonchev–Trinajstić information content (AvgIpc) is 2.67. The molecule has 0 bridgehead atoms. The van der Waals surface area contributed by atoms with Crippen LogP contribution in [0.3, 0.4) is 0 Å². The Morgan fingerprint density at radius 1 is 1.18 bits per heavy atom. The molecule has 1 aliphatic carbocycles. The van der Waals surface area contributed by atoms with Crippen molar-refractivity contribution < 1.29 is 17.1 Å². The molecule has 0 fully saturated rings. The van der Waals surface area contributed by atoms with Gasteiger partial charge in [0.15, 0.2) is 0 Å². The van der Waals surface area contributed by atoms with E-state index >= 15 is 0 Å². The zero-order valence-electron chi connectivity index (χ0n) is 5.96. The van der Waals surface area contributed by atoms with Gasteiger partial charge in [0.25, 0.3) is 0 Å². The molecule has 0 aliphatic heterocycles. The van der Waals surface area contributed by atoms with Gasteiger partial charge in [0.1, 0.15) is 0 Å². The summed E-state index contributed by atoms with van der Waals surface area (Å²) in [5, 5.41) is 4.08. The second kappa shape index (κ2) is 7.80. The smallest absolute Gasteiger partial charge is 0.273 e. The molecule has 0 aromatic carbocycles. The molecule has 0 N–H and O–H groups in total. The summed E-state index contributed by atoms with van der Waals surface area (Å²) in [6.07, 6.45) is 10.0. The van der Waals surface area contributed by atoms with Gasteiger partial charge in [-0.2, -0.15) is 17.4 Å². The van der Waals surface area contributed by atoms with E-state index in [1.165, 1.54) is 0 Å². The SMILES string of the molecule is [C-]1=CC=CC1.[Cu+].c1ccsc1. The van der Waals surface area contributed by atoms with Gasteiger partial charge < -0.3 is 0 Å². The normalized spacial score (nSPS) is 11.6. The van der Waals surface area contributed by atoms with E-state index in [2.05, 4.69) is 12.2 Å². The van der Waals surface area contributed by atoms with Crippen molar-refractivity contribution in [2.45, 2.75) is 6.42 Å². The van der Waals surface area contributed by atoms with Crippen LogP contribution in [0.2, 0.25) is 0 Å². The van der Waals surface area contributed by atoms with E-state index in [1.54, 1.807) is 11.3 Å². The van der Waals surface area contributed by atoms with Crippen molar-refractivity contribution in [2.24, 2.45) is 0 Å². The number of rotatable bonds is 0. The molecule has 1 aromatic rings. The summed E-state index contributed by atoms with van der Waals surface area (Å²) >= 11 is 1.71. The van der Waals surface area contributed by atoms with Crippen molar-refractivity contribution in [2.75, 3.05) is 0 Å². The molecule has 1 aromatic heterocycles. The maximum absolute atomic E-state index is 2.99. The largest absolute Gasteiger partial charge is 1.00 e. The summed E-state index contributed by atoms with van der Waals surface area (Å²) in [6, 6.07) is 4.04. The minimum absolute atomic E-state index is 0. The number of hydrogen-bond donors (Lipinski definition) is 0. The summed E-state index contributed by atoms with van der Waals surface area (Å²) < 4.78 is 0. The molecular formula is C9H9CuS. The Kier molecular flexibility index (Phi) is 7.59. The van der Waals surface area contributed by atoms with Gasteiger partial charge in [-0.25, -0.2) is 12.2 Å². The molecule has 1 aliphatic rings. The Morgan fingerprint density at radius 3 is 2.09 bits per heavy atom. The van der Waals surface area contributed by atoms with Gasteiger partial charge in [-0.3, -0.25) is 6.08 Å². The second-order valence-electron chi connectivity index (χ2n) is 1.80. The number of thiophene rings is 1. The minimum Gasteiger partial charge on any atom is -0.273 e. The van der Waals surface area contributed by atoms with Gasteiger partial charge in [-0.05, 0) is 10.8 Å². The van der Waals surface area contributed by atoms with Crippen LogP contribution in [0.5, 0.6) is 0 Å². The molecule has 0 radical (unpaired) electrons. The molecular weight excluding hydrogens is 204 g/mol. The van der Waals surface area contributed by atoms with Gasteiger partial charge in [0, 0.05) is 0 Å². The van der Waals surface area contributed by atoms with E-state index in [0.717, 1.165) is 6.42 Å². The fraction of sp³-hybridized carbons (Fsp3) is 0.111. The summed E-state index contributed by atoms with van der Waals surface area (Å²) in [5.74, 6) is 0. The molecule has 0 saturated carbocycles. The first kappa shape index (κ1) is 10.7. The zero-order valence-corrected chi connectivity index (χ0v) is 7.72. The molecule has 11 heavy (non-hydrogen) atoms. The van der Waals surface area contributed by atoms with Crippen molar-refractivity contribution in [3.8, 4) is 0 Å². The molecule has 0 nitrogen and oxygen atoms in total. The van der Waals surface area contributed by atoms with E-state index in [1.807, 2.05) is 35.0 Å². The van der Waals surface area contributed by atoms with E-state index in [4.69, 9.17) is 0 Å². The predicted molar refractivity (Wildman–Crippen MR) is 45.9 cm³/mol. The van der Waals surface area contributed by atoms with Crippen molar-refractivity contribution in [3.05, 3.63) is 47.2 Å². The fourth-order valence-corrected chi connectivity index (χ4v) is 1.02. The van der Waals surface area contributed by atoms with Crippen LogP contribution in [0.15, 0.2) is 41.1 Å². The van der Waals surface area contributed by atoms with Crippen molar-refractivity contribution in [3.63, 3.8) is 0 Å².